The van der Waals surface area contributed by atoms with Crippen LogP contribution in [0.1, 0.15) is 11.3 Å². The number of thiazole rings is 1. The van der Waals surface area contributed by atoms with Gasteiger partial charge in [0.2, 0.25) is 10.0 Å². The minimum atomic E-state index is -4.85. The first-order valence-corrected chi connectivity index (χ1v) is 12.7. The first-order valence-electron chi connectivity index (χ1n) is 10.00. The van der Waals surface area contributed by atoms with E-state index in [0.717, 1.165) is 35.1 Å². The molecule has 34 heavy (non-hydrogen) atoms. The zero-order valence-corrected chi connectivity index (χ0v) is 19.8. The molecular formula is C21H18ClF4N3O3S2. The molecule has 6 nitrogen and oxygen atoms in total. The summed E-state index contributed by atoms with van der Waals surface area (Å²) in [5.41, 5.74) is 1.45. The van der Waals surface area contributed by atoms with Crippen molar-refractivity contribution in [2.75, 3.05) is 31.1 Å². The number of piperazine rings is 1. The Bertz CT molecular complexity index is 1240. The van der Waals surface area contributed by atoms with E-state index < -0.39 is 28.0 Å². The normalized spacial score (nSPS) is 15.5. The fourth-order valence-corrected chi connectivity index (χ4v) is 6.07. The van der Waals surface area contributed by atoms with Crippen LogP contribution < -0.4 is 9.64 Å². The van der Waals surface area contributed by atoms with Crippen molar-refractivity contribution >= 4 is 38.1 Å². The van der Waals surface area contributed by atoms with Crippen LogP contribution in [0.3, 0.4) is 0 Å². The number of hydrogen-bond acceptors (Lipinski definition) is 6. The fraction of sp³-hybridized carbons (Fsp3) is 0.286. The number of alkyl halides is 3. The Labute approximate surface area is 202 Å². The number of hydrogen-bond donors (Lipinski definition) is 0. The number of sulfonamides is 1. The van der Waals surface area contributed by atoms with E-state index in [2.05, 4.69) is 9.72 Å². The van der Waals surface area contributed by atoms with Gasteiger partial charge in [-0.3, -0.25) is 0 Å². The number of rotatable bonds is 6. The number of nitrogens with zero attached hydrogens (tertiary/aromatic N) is 3. The van der Waals surface area contributed by atoms with E-state index in [1.807, 2.05) is 10.3 Å². The molecule has 0 spiro atoms. The predicted octanol–water partition coefficient (Wildman–Crippen LogP) is 4.94. The SMILES string of the molecule is O=S(=O)(c1ccc(OC(F)(F)F)cc1)N1CCN(c2nc(Cc3cc(F)cc(Cl)c3)cs2)CC1. The summed E-state index contributed by atoms with van der Waals surface area (Å²) in [7, 11) is -3.87. The maximum absolute atomic E-state index is 13.6. The lowest BCUT2D eigenvalue weighted by Gasteiger charge is -2.33. The minimum Gasteiger partial charge on any atom is -0.406 e. The van der Waals surface area contributed by atoms with Crippen LogP contribution in [0.2, 0.25) is 5.02 Å². The summed E-state index contributed by atoms with van der Waals surface area (Å²) >= 11 is 7.31. The molecule has 0 radical (unpaired) electrons. The van der Waals surface area contributed by atoms with Crippen molar-refractivity contribution in [3.63, 3.8) is 0 Å². The van der Waals surface area contributed by atoms with E-state index in [4.69, 9.17) is 11.6 Å². The van der Waals surface area contributed by atoms with Crippen LogP contribution >= 0.6 is 22.9 Å². The maximum Gasteiger partial charge on any atom is 0.573 e. The largest absolute Gasteiger partial charge is 0.573 e. The summed E-state index contributed by atoms with van der Waals surface area (Å²) < 4.78 is 81.3. The molecule has 1 fully saturated rings. The molecule has 2 heterocycles. The first kappa shape index (κ1) is 24.7. The van der Waals surface area contributed by atoms with Crippen molar-refractivity contribution in [2.24, 2.45) is 0 Å². The molecule has 0 aliphatic carbocycles. The van der Waals surface area contributed by atoms with Crippen LogP contribution in [-0.2, 0) is 16.4 Å². The van der Waals surface area contributed by atoms with E-state index in [-0.39, 0.29) is 18.0 Å². The fourth-order valence-electron chi connectivity index (χ4n) is 3.53. The molecule has 0 saturated carbocycles. The summed E-state index contributed by atoms with van der Waals surface area (Å²) in [6.07, 6.45) is -4.44. The Morgan fingerprint density at radius 2 is 1.74 bits per heavy atom. The van der Waals surface area contributed by atoms with Crippen LogP contribution in [-0.4, -0.2) is 50.2 Å². The maximum atomic E-state index is 13.6. The first-order chi connectivity index (χ1) is 16.0. The molecule has 3 aromatic rings. The zero-order valence-electron chi connectivity index (χ0n) is 17.4. The third-order valence-electron chi connectivity index (χ3n) is 5.05. The van der Waals surface area contributed by atoms with Gasteiger partial charge in [-0.25, -0.2) is 17.8 Å². The van der Waals surface area contributed by atoms with Gasteiger partial charge in [-0.1, -0.05) is 11.6 Å². The molecule has 0 unspecified atom stereocenters. The van der Waals surface area contributed by atoms with E-state index in [1.54, 1.807) is 6.07 Å². The van der Waals surface area contributed by atoms with Gasteiger partial charge >= 0.3 is 6.36 Å². The lowest BCUT2D eigenvalue weighted by Crippen LogP contribution is -2.48. The van der Waals surface area contributed by atoms with Crippen molar-refractivity contribution in [2.45, 2.75) is 17.7 Å². The second-order valence-corrected chi connectivity index (χ2v) is 10.7. The Balaban J connectivity index is 1.37. The summed E-state index contributed by atoms with van der Waals surface area (Å²) in [5.74, 6) is -0.908. The second-order valence-electron chi connectivity index (χ2n) is 7.49. The van der Waals surface area contributed by atoms with Crippen molar-refractivity contribution < 1.29 is 30.7 Å². The highest BCUT2D eigenvalue weighted by molar-refractivity contribution is 7.89. The summed E-state index contributed by atoms with van der Waals surface area (Å²) in [6, 6.07) is 8.43. The number of aromatic nitrogens is 1. The molecular weight excluding hydrogens is 518 g/mol. The van der Waals surface area contributed by atoms with Crippen LogP contribution in [0, 0.1) is 5.82 Å². The van der Waals surface area contributed by atoms with Gasteiger partial charge in [0.05, 0.1) is 10.6 Å². The van der Waals surface area contributed by atoms with Gasteiger partial charge in [0.25, 0.3) is 0 Å². The Hall–Kier alpha value is -2.41. The lowest BCUT2D eigenvalue weighted by molar-refractivity contribution is -0.274. The highest BCUT2D eigenvalue weighted by Gasteiger charge is 2.32. The standard InChI is InChI=1S/C21H18ClF4N3O3S2/c22-15-9-14(10-16(23)12-15)11-17-13-33-20(27-17)28-5-7-29(8-6-28)34(30,31)19-3-1-18(2-4-19)32-21(24,25)26/h1-4,9-10,12-13H,5-8,11H2. The third kappa shape index (κ3) is 5.98. The summed E-state index contributed by atoms with van der Waals surface area (Å²) in [4.78, 5) is 6.42. The molecule has 0 N–H and O–H groups in total. The second kappa shape index (κ2) is 9.68. The number of ether oxygens (including phenoxy) is 1. The summed E-state index contributed by atoms with van der Waals surface area (Å²) in [5, 5.41) is 2.90. The van der Waals surface area contributed by atoms with Gasteiger partial charge in [0.15, 0.2) is 5.13 Å². The van der Waals surface area contributed by atoms with Crippen molar-refractivity contribution in [1.82, 2.24) is 9.29 Å². The molecule has 182 valence electrons. The molecule has 0 amide bonds. The van der Waals surface area contributed by atoms with E-state index in [1.165, 1.54) is 27.8 Å². The molecule has 1 aromatic heterocycles. The average Bonchev–Trinajstić information content (AvgIpc) is 3.21. The van der Waals surface area contributed by atoms with E-state index in [9.17, 15) is 26.0 Å². The molecule has 1 saturated heterocycles. The van der Waals surface area contributed by atoms with Crippen molar-refractivity contribution in [3.05, 3.63) is 69.9 Å². The molecule has 2 aromatic carbocycles. The van der Waals surface area contributed by atoms with Gasteiger partial charge in [0.1, 0.15) is 11.6 Å². The molecule has 0 bridgehead atoms. The monoisotopic (exact) mass is 535 g/mol. The zero-order chi connectivity index (χ0) is 24.5. The van der Waals surface area contributed by atoms with Gasteiger partial charge in [0, 0.05) is 43.0 Å². The van der Waals surface area contributed by atoms with Gasteiger partial charge in [-0.2, -0.15) is 4.31 Å². The van der Waals surface area contributed by atoms with Gasteiger partial charge in [-0.05, 0) is 48.0 Å². The number of halogens is 5. The smallest absolute Gasteiger partial charge is 0.406 e. The van der Waals surface area contributed by atoms with Gasteiger partial charge in [-0.15, -0.1) is 24.5 Å². The topological polar surface area (TPSA) is 62.7 Å². The Morgan fingerprint density at radius 1 is 1.06 bits per heavy atom. The van der Waals surface area contributed by atoms with E-state index >= 15 is 0 Å². The van der Waals surface area contributed by atoms with E-state index in [0.29, 0.717) is 30.1 Å². The van der Waals surface area contributed by atoms with Crippen LogP contribution in [0.5, 0.6) is 5.75 Å². The Kier molecular flexibility index (Phi) is 7.04. The molecule has 4 rings (SSSR count). The average molecular weight is 536 g/mol. The number of anilines is 1. The van der Waals surface area contributed by atoms with Gasteiger partial charge < -0.3 is 9.64 Å². The number of benzene rings is 2. The van der Waals surface area contributed by atoms with Crippen LogP contribution in [0.4, 0.5) is 22.7 Å². The molecule has 1 aliphatic heterocycles. The minimum absolute atomic E-state index is 0.110. The highest BCUT2D eigenvalue weighted by atomic mass is 35.5. The summed E-state index contributed by atoms with van der Waals surface area (Å²) in [6.45, 7) is 1.18. The highest BCUT2D eigenvalue weighted by Crippen LogP contribution is 2.28. The molecule has 13 heteroatoms. The van der Waals surface area contributed by atoms with Crippen LogP contribution in [0.25, 0.3) is 0 Å². The predicted molar refractivity (Wildman–Crippen MR) is 120 cm³/mol. The lowest BCUT2D eigenvalue weighted by atomic mass is 10.1. The molecule has 1 aliphatic rings. The van der Waals surface area contributed by atoms with Crippen molar-refractivity contribution in [3.8, 4) is 5.75 Å². The van der Waals surface area contributed by atoms with Crippen LogP contribution in [0.15, 0.2) is 52.7 Å². The Morgan fingerprint density at radius 3 is 2.35 bits per heavy atom. The third-order valence-corrected chi connectivity index (χ3v) is 8.13. The molecule has 0 atom stereocenters. The quantitative estimate of drug-likeness (QED) is 0.419. The van der Waals surface area contributed by atoms with Crippen molar-refractivity contribution in [1.29, 1.82) is 0 Å².